The zero-order chi connectivity index (χ0) is 25.3. The number of sulfonamides is 1. The lowest BCUT2D eigenvalue weighted by atomic mass is 10.1. The number of benzene rings is 2. The van der Waals surface area contributed by atoms with Crippen molar-refractivity contribution in [3.8, 4) is 0 Å². The van der Waals surface area contributed by atoms with Crippen LogP contribution in [0.15, 0.2) is 78.2 Å². The standard InChI is InChI=1S/C26H28N6O3S/c1-19-4-3-5-21-11-13-32(25(19)21)20(2)26(33)31-16-14-30(15-17-31)22-6-8-23(9-7-22)36(34,35)29-24-10-12-27-18-28-24/h3-13,18,20H,14-17H2,1-2H3,(H,27,28,29)/t20-/m0/s1. The molecule has 0 aliphatic carbocycles. The maximum Gasteiger partial charge on any atom is 0.263 e. The fraction of sp³-hybridized carbons (Fsp3) is 0.269. The van der Waals surface area contributed by atoms with E-state index in [1.165, 1.54) is 18.6 Å². The van der Waals surface area contributed by atoms with Crippen molar-refractivity contribution in [1.82, 2.24) is 19.4 Å². The van der Waals surface area contributed by atoms with Gasteiger partial charge in [-0.3, -0.25) is 9.52 Å². The number of para-hydroxylation sites is 1. The number of aryl methyl sites for hydroxylation is 1. The summed E-state index contributed by atoms with van der Waals surface area (Å²) in [5.74, 6) is 0.319. The van der Waals surface area contributed by atoms with E-state index in [-0.39, 0.29) is 22.7 Å². The Kier molecular flexibility index (Phi) is 6.36. The number of nitrogens with zero attached hydrogens (tertiary/aromatic N) is 5. The number of carbonyl (C=O) groups is 1. The highest BCUT2D eigenvalue weighted by atomic mass is 32.2. The Hall–Kier alpha value is -3.92. The monoisotopic (exact) mass is 504 g/mol. The smallest absolute Gasteiger partial charge is 0.263 e. The van der Waals surface area contributed by atoms with Crippen LogP contribution in [0.25, 0.3) is 10.9 Å². The number of aromatic nitrogens is 3. The van der Waals surface area contributed by atoms with E-state index < -0.39 is 10.0 Å². The maximum atomic E-state index is 13.3. The molecule has 0 unspecified atom stereocenters. The quantitative estimate of drug-likeness (QED) is 0.432. The first-order valence-corrected chi connectivity index (χ1v) is 13.3. The van der Waals surface area contributed by atoms with Crippen LogP contribution in [0.1, 0.15) is 18.5 Å². The minimum absolute atomic E-state index is 0.104. The lowest BCUT2D eigenvalue weighted by Gasteiger charge is -2.37. The van der Waals surface area contributed by atoms with Crippen LogP contribution in [-0.2, 0) is 14.8 Å². The van der Waals surface area contributed by atoms with Crippen molar-refractivity contribution in [1.29, 1.82) is 0 Å². The Morgan fingerprint density at radius 1 is 1.00 bits per heavy atom. The molecule has 2 aromatic carbocycles. The van der Waals surface area contributed by atoms with Gasteiger partial charge in [0, 0.05) is 44.3 Å². The molecule has 2 aromatic heterocycles. The molecule has 3 heterocycles. The molecule has 1 fully saturated rings. The molecule has 5 rings (SSSR count). The van der Waals surface area contributed by atoms with Gasteiger partial charge in [-0.1, -0.05) is 18.2 Å². The van der Waals surface area contributed by atoms with Crippen LogP contribution in [-0.4, -0.2) is 59.9 Å². The summed E-state index contributed by atoms with van der Waals surface area (Å²) in [5, 5.41) is 1.14. The SMILES string of the molecule is Cc1cccc2ccn([C@@H](C)C(=O)N3CCN(c4ccc(S(=O)(=O)Nc5ccncn5)cc4)CC3)c12. The highest BCUT2D eigenvalue weighted by molar-refractivity contribution is 7.92. The van der Waals surface area contributed by atoms with E-state index in [0.717, 1.165) is 22.2 Å². The predicted molar refractivity (Wildman–Crippen MR) is 139 cm³/mol. The minimum atomic E-state index is -3.74. The fourth-order valence-electron chi connectivity index (χ4n) is 4.68. The van der Waals surface area contributed by atoms with Crippen LogP contribution in [0.4, 0.5) is 11.5 Å². The van der Waals surface area contributed by atoms with Crippen molar-refractivity contribution < 1.29 is 13.2 Å². The van der Waals surface area contributed by atoms with Crippen LogP contribution in [0.3, 0.4) is 0 Å². The van der Waals surface area contributed by atoms with Crippen molar-refractivity contribution in [2.75, 3.05) is 35.8 Å². The zero-order valence-electron chi connectivity index (χ0n) is 20.2. The summed E-state index contributed by atoms with van der Waals surface area (Å²) in [4.78, 5) is 25.2. The second-order valence-corrected chi connectivity index (χ2v) is 10.6. The molecule has 1 aliphatic rings. The van der Waals surface area contributed by atoms with Gasteiger partial charge in [0.2, 0.25) is 5.91 Å². The number of nitrogens with one attached hydrogen (secondary N) is 1. The molecule has 1 amide bonds. The van der Waals surface area contributed by atoms with E-state index >= 15 is 0 Å². The van der Waals surface area contributed by atoms with Gasteiger partial charge in [0.1, 0.15) is 18.2 Å². The van der Waals surface area contributed by atoms with E-state index in [2.05, 4.69) is 49.3 Å². The molecule has 4 aromatic rings. The summed E-state index contributed by atoms with van der Waals surface area (Å²) in [6, 6.07) is 16.2. The molecule has 1 N–H and O–H groups in total. The normalized spacial score (nSPS) is 15.2. The molecule has 10 heteroatoms. The number of piperazine rings is 1. The number of hydrogen-bond donors (Lipinski definition) is 1. The predicted octanol–water partition coefficient (Wildman–Crippen LogP) is 3.45. The molecule has 1 atom stereocenters. The van der Waals surface area contributed by atoms with Gasteiger partial charge in [-0.05, 0) is 61.2 Å². The zero-order valence-corrected chi connectivity index (χ0v) is 21.0. The van der Waals surface area contributed by atoms with Crippen LogP contribution >= 0.6 is 0 Å². The second-order valence-electron chi connectivity index (χ2n) is 8.92. The highest BCUT2D eigenvalue weighted by Gasteiger charge is 2.27. The molecule has 186 valence electrons. The Balaban J connectivity index is 1.22. The molecular formula is C26H28N6O3S. The number of fused-ring (bicyclic) bond motifs is 1. The van der Waals surface area contributed by atoms with Crippen molar-refractivity contribution in [3.05, 3.63) is 78.9 Å². The van der Waals surface area contributed by atoms with Crippen LogP contribution < -0.4 is 9.62 Å². The summed E-state index contributed by atoms with van der Waals surface area (Å²) >= 11 is 0. The van der Waals surface area contributed by atoms with Gasteiger partial charge in [-0.25, -0.2) is 18.4 Å². The molecule has 0 saturated carbocycles. The summed E-state index contributed by atoms with van der Waals surface area (Å²) in [5.41, 5.74) is 3.17. The van der Waals surface area contributed by atoms with E-state index in [1.54, 1.807) is 24.3 Å². The first kappa shape index (κ1) is 23.8. The third-order valence-corrected chi connectivity index (χ3v) is 8.01. The molecule has 9 nitrogen and oxygen atoms in total. The summed E-state index contributed by atoms with van der Waals surface area (Å²) in [6.45, 7) is 6.59. The van der Waals surface area contributed by atoms with E-state index in [0.29, 0.717) is 26.2 Å². The Bertz CT molecular complexity index is 1480. The van der Waals surface area contributed by atoms with E-state index in [9.17, 15) is 13.2 Å². The molecule has 0 bridgehead atoms. The maximum absolute atomic E-state index is 13.3. The summed E-state index contributed by atoms with van der Waals surface area (Å²) in [7, 11) is -3.74. The Morgan fingerprint density at radius 3 is 2.44 bits per heavy atom. The van der Waals surface area contributed by atoms with Crippen molar-refractivity contribution in [3.63, 3.8) is 0 Å². The number of amides is 1. The molecule has 36 heavy (non-hydrogen) atoms. The van der Waals surface area contributed by atoms with Gasteiger partial charge in [0.25, 0.3) is 10.0 Å². The molecule has 1 aliphatic heterocycles. The van der Waals surface area contributed by atoms with Crippen molar-refractivity contribution in [2.45, 2.75) is 24.8 Å². The summed E-state index contributed by atoms with van der Waals surface area (Å²) < 4.78 is 29.8. The number of anilines is 2. The van der Waals surface area contributed by atoms with Crippen molar-refractivity contribution >= 4 is 38.3 Å². The lowest BCUT2D eigenvalue weighted by Crippen LogP contribution is -2.50. The average Bonchev–Trinajstić information content (AvgIpc) is 3.34. The van der Waals surface area contributed by atoms with Gasteiger partial charge in [-0.15, -0.1) is 0 Å². The first-order valence-electron chi connectivity index (χ1n) is 11.8. The highest BCUT2D eigenvalue weighted by Crippen LogP contribution is 2.26. The third kappa shape index (κ3) is 4.64. The van der Waals surface area contributed by atoms with Gasteiger partial charge in [-0.2, -0.15) is 0 Å². The van der Waals surface area contributed by atoms with Gasteiger partial charge in [0.15, 0.2) is 0 Å². The van der Waals surface area contributed by atoms with Gasteiger partial charge in [0.05, 0.1) is 10.4 Å². The van der Waals surface area contributed by atoms with Crippen LogP contribution in [0.2, 0.25) is 0 Å². The second kappa shape index (κ2) is 9.62. The molecule has 1 saturated heterocycles. The average molecular weight is 505 g/mol. The van der Waals surface area contributed by atoms with Gasteiger partial charge < -0.3 is 14.4 Å². The van der Waals surface area contributed by atoms with Crippen LogP contribution in [0.5, 0.6) is 0 Å². The molecular weight excluding hydrogens is 476 g/mol. The topological polar surface area (TPSA) is 100 Å². The molecule has 0 spiro atoms. The fourth-order valence-corrected chi connectivity index (χ4v) is 5.69. The minimum Gasteiger partial charge on any atom is -0.368 e. The number of hydrogen-bond acceptors (Lipinski definition) is 6. The van der Waals surface area contributed by atoms with Crippen LogP contribution in [0, 0.1) is 6.92 Å². The summed E-state index contributed by atoms with van der Waals surface area (Å²) in [6.07, 6.45) is 4.75. The van der Waals surface area contributed by atoms with E-state index in [4.69, 9.17) is 0 Å². The Morgan fingerprint density at radius 2 is 1.75 bits per heavy atom. The first-order chi connectivity index (χ1) is 17.3. The third-order valence-electron chi connectivity index (χ3n) is 6.64. The molecule has 0 radical (unpaired) electrons. The lowest BCUT2D eigenvalue weighted by molar-refractivity contribution is -0.134. The van der Waals surface area contributed by atoms with Crippen molar-refractivity contribution in [2.24, 2.45) is 0 Å². The number of carbonyl (C=O) groups excluding carboxylic acids is 1. The Labute approximate surface area is 210 Å². The largest absolute Gasteiger partial charge is 0.368 e. The van der Waals surface area contributed by atoms with E-state index in [1.807, 2.05) is 24.1 Å². The number of rotatable bonds is 6. The van der Waals surface area contributed by atoms with Gasteiger partial charge >= 0.3 is 0 Å².